The summed E-state index contributed by atoms with van der Waals surface area (Å²) in [6.45, 7) is 0. The first kappa shape index (κ1) is 16.9. The standard InChI is InChI=1S/C17H13Cl2NO3S/c1-22-12-7-10(18)11(8-13(12)23-2)20-17(21)16-15(19)9-5-3-4-6-14(9)24-16/h3-8H,1-2H3,(H,20,21). The zero-order valence-corrected chi connectivity index (χ0v) is 15.2. The van der Waals surface area contributed by atoms with Crippen LogP contribution in [-0.4, -0.2) is 20.1 Å². The van der Waals surface area contributed by atoms with Crippen molar-refractivity contribution in [2.24, 2.45) is 0 Å². The van der Waals surface area contributed by atoms with Gasteiger partial charge in [-0.25, -0.2) is 0 Å². The average molecular weight is 382 g/mol. The molecule has 1 amide bonds. The molecule has 1 N–H and O–H groups in total. The lowest BCUT2D eigenvalue weighted by Crippen LogP contribution is -2.11. The Hall–Kier alpha value is -1.95. The third kappa shape index (κ3) is 3.02. The summed E-state index contributed by atoms with van der Waals surface area (Å²) < 4.78 is 11.4. The van der Waals surface area contributed by atoms with Crippen LogP contribution in [0.5, 0.6) is 11.5 Å². The highest BCUT2D eigenvalue weighted by atomic mass is 35.5. The van der Waals surface area contributed by atoms with Crippen molar-refractivity contribution >= 4 is 56.2 Å². The molecule has 0 saturated carbocycles. The van der Waals surface area contributed by atoms with Crippen LogP contribution in [0.25, 0.3) is 10.1 Å². The first-order valence-electron chi connectivity index (χ1n) is 6.95. The summed E-state index contributed by atoms with van der Waals surface area (Å²) in [7, 11) is 3.03. The summed E-state index contributed by atoms with van der Waals surface area (Å²) in [5.41, 5.74) is 0.424. The highest BCUT2D eigenvalue weighted by molar-refractivity contribution is 7.21. The maximum atomic E-state index is 12.6. The number of anilines is 1. The normalized spacial score (nSPS) is 10.7. The summed E-state index contributed by atoms with van der Waals surface area (Å²) >= 11 is 13.9. The highest BCUT2D eigenvalue weighted by Gasteiger charge is 2.19. The van der Waals surface area contributed by atoms with Crippen LogP contribution in [0.3, 0.4) is 0 Å². The number of ether oxygens (including phenoxy) is 2. The van der Waals surface area contributed by atoms with E-state index in [-0.39, 0.29) is 5.91 Å². The molecule has 0 aliphatic carbocycles. The molecule has 0 saturated heterocycles. The monoisotopic (exact) mass is 381 g/mol. The molecular formula is C17H13Cl2NO3S. The van der Waals surface area contributed by atoms with E-state index in [9.17, 15) is 4.79 Å². The minimum Gasteiger partial charge on any atom is -0.493 e. The Morgan fingerprint density at radius 3 is 2.42 bits per heavy atom. The van der Waals surface area contributed by atoms with Gasteiger partial charge in [0.2, 0.25) is 0 Å². The Bertz CT molecular complexity index is 924. The zero-order chi connectivity index (χ0) is 17.3. The van der Waals surface area contributed by atoms with Gasteiger partial charge in [-0.15, -0.1) is 11.3 Å². The number of methoxy groups -OCH3 is 2. The van der Waals surface area contributed by atoms with Crippen molar-refractivity contribution in [2.75, 3.05) is 19.5 Å². The maximum absolute atomic E-state index is 12.6. The van der Waals surface area contributed by atoms with Gasteiger partial charge in [0.15, 0.2) is 11.5 Å². The number of rotatable bonds is 4. The second-order valence-corrected chi connectivity index (χ2v) is 6.72. The number of benzene rings is 2. The molecule has 1 aromatic heterocycles. The fraction of sp³-hybridized carbons (Fsp3) is 0.118. The molecule has 0 unspecified atom stereocenters. The average Bonchev–Trinajstić information content (AvgIpc) is 2.93. The predicted octanol–water partition coefficient (Wildman–Crippen LogP) is 5.48. The Labute approximate surface area is 152 Å². The van der Waals surface area contributed by atoms with Crippen molar-refractivity contribution in [2.45, 2.75) is 0 Å². The van der Waals surface area contributed by atoms with Gasteiger partial charge in [0, 0.05) is 22.2 Å². The van der Waals surface area contributed by atoms with Crippen molar-refractivity contribution in [1.29, 1.82) is 0 Å². The van der Waals surface area contributed by atoms with Crippen LogP contribution in [0.1, 0.15) is 9.67 Å². The van der Waals surface area contributed by atoms with Gasteiger partial charge < -0.3 is 14.8 Å². The Kier molecular flexibility index (Phi) is 4.85. The van der Waals surface area contributed by atoms with Crippen molar-refractivity contribution in [3.8, 4) is 11.5 Å². The summed E-state index contributed by atoms with van der Waals surface area (Å²) in [6.07, 6.45) is 0. The van der Waals surface area contributed by atoms with E-state index in [1.807, 2.05) is 24.3 Å². The molecule has 0 radical (unpaired) electrons. The number of hydrogen-bond donors (Lipinski definition) is 1. The van der Waals surface area contributed by atoms with E-state index in [0.29, 0.717) is 32.1 Å². The number of fused-ring (bicyclic) bond motifs is 1. The lowest BCUT2D eigenvalue weighted by atomic mass is 10.2. The fourth-order valence-electron chi connectivity index (χ4n) is 2.29. The zero-order valence-electron chi connectivity index (χ0n) is 12.9. The molecule has 24 heavy (non-hydrogen) atoms. The van der Waals surface area contributed by atoms with Gasteiger partial charge in [-0.2, -0.15) is 0 Å². The Morgan fingerprint density at radius 2 is 1.75 bits per heavy atom. The van der Waals surface area contributed by atoms with E-state index in [2.05, 4.69) is 5.32 Å². The van der Waals surface area contributed by atoms with Crippen molar-refractivity contribution in [1.82, 2.24) is 0 Å². The predicted molar refractivity (Wildman–Crippen MR) is 99.3 cm³/mol. The molecule has 0 atom stereocenters. The largest absolute Gasteiger partial charge is 0.493 e. The van der Waals surface area contributed by atoms with E-state index < -0.39 is 0 Å². The number of halogens is 2. The van der Waals surface area contributed by atoms with Gasteiger partial charge in [-0.3, -0.25) is 4.79 Å². The topological polar surface area (TPSA) is 47.6 Å². The van der Waals surface area contributed by atoms with Crippen molar-refractivity contribution in [3.63, 3.8) is 0 Å². The number of carbonyl (C=O) groups excluding carboxylic acids is 1. The number of carbonyl (C=O) groups is 1. The van der Waals surface area contributed by atoms with Crippen LogP contribution in [0.2, 0.25) is 10.0 Å². The molecule has 3 aromatic rings. The minimum absolute atomic E-state index is 0.324. The van der Waals surface area contributed by atoms with E-state index in [1.54, 1.807) is 12.1 Å². The van der Waals surface area contributed by atoms with Gasteiger partial charge in [0.1, 0.15) is 4.88 Å². The molecule has 2 aromatic carbocycles. The molecular weight excluding hydrogens is 369 g/mol. The van der Waals surface area contributed by atoms with Gasteiger partial charge in [0.05, 0.1) is 30.0 Å². The maximum Gasteiger partial charge on any atom is 0.267 e. The molecule has 0 aliphatic heterocycles. The summed E-state index contributed by atoms with van der Waals surface area (Å²) in [5, 5.41) is 4.41. The Morgan fingerprint density at radius 1 is 1.08 bits per heavy atom. The minimum atomic E-state index is -0.324. The molecule has 0 bridgehead atoms. The van der Waals surface area contributed by atoms with Crippen molar-refractivity contribution in [3.05, 3.63) is 51.3 Å². The third-order valence-electron chi connectivity index (χ3n) is 3.46. The van der Waals surface area contributed by atoms with Gasteiger partial charge in [0.25, 0.3) is 5.91 Å². The number of thiophene rings is 1. The van der Waals surface area contributed by atoms with E-state index in [0.717, 1.165) is 10.1 Å². The molecule has 0 aliphatic rings. The van der Waals surface area contributed by atoms with Crippen LogP contribution in [-0.2, 0) is 0 Å². The quantitative estimate of drug-likeness (QED) is 0.650. The van der Waals surface area contributed by atoms with Crippen molar-refractivity contribution < 1.29 is 14.3 Å². The highest BCUT2D eigenvalue weighted by Crippen LogP contribution is 2.38. The first-order chi connectivity index (χ1) is 11.5. The second kappa shape index (κ2) is 6.89. The van der Waals surface area contributed by atoms with Crippen LogP contribution >= 0.6 is 34.5 Å². The molecule has 3 rings (SSSR count). The molecule has 1 heterocycles. The molecule has 0 fully saturated rings. The molecule has 0 spiro atoms. The fourth-order valence-corrected chi connectivity index (χ4v) is 3.90. The smallest absolute Gasteiger partial charge is 0.267 e. The van der Waals surface area contributed by atoms with Crippen LogP contribution in [0, 0.1) is 0 Å². The van der Waals surface area contributed by atoms with Crippen LogP contribution in [0.4, 0.5) is 5.69 Å². The number of amides is 1. The van der Waals surface area contributed by atoms with E-state index in [4.69, 9.17) is 32.7 Å². The van der Waals surface area contributed by atoms with E-state index in [1.165, 1.54) is 25.6 Å². The molecule has 4 nitrogen and oxygen atoms in total. The molecule has 7 heteroatoms. The summed E-state index contributed by atoms with van der Waals surface area (Å²) in [5.74, 6) is 0.635. The van der Waals surface area contributed by atoms with E-state index >= 15 is 0 Å². The second-order valence-electron chi connectivity index (χ2n) is 4.88. The van der Waals surface area contributed by atoms with Crippen LogP contribution in [0.15, 0.2) is 36.4 Å². The number of hydrogen-bond acceptors (Lipinski definition) is 4. The summed E-state index contributed by atoms with van der Waals surface area (Å²) in [4.78, 5) is 13.0. The van der Waals surface area contributed by atoms with Gasteiger partial charge >= 0.3 is 0 Å². The Balaban J connectivity index is 1.95. The molecule has 124 valence electrons. The van der Waals surface area contributed by atoms with Crippen LogP contribution < -0.4 is 14.8 Å². The lowest BCUT2D eigenvalue weighted by Gasteiger charge is -2.12. The van der Waals surface area contributed by atoms with Gasteiger partial charge in [-0.1, -0.05) is 41.4 Å². The number of nitrogens with one attached hydrogen (secondary N) is 1. The van der Waals surface area contributed by atoms with Gasteiger partial charge in [-0.05, 0) is 6.07 Å². The third-order valence-corrected chi connectivity index (χ3v) is 5.45. The first-order valence-corrected chi connectivity index (χ1v) is 8.52. The lowest BCUT2D eigenvalue weighted by molar-refractivity contribution is 0.103. The summed E-state index contributed by atoms with van der Waals surface area (Å²) in [6, 6.07) is 10.8. The SMILES string of the molecule is COc1cc(Cl)c(NC(=O)c2sc3ccccc3c2Cl)cc1OC.